The number of carbonyl (C=O) groups excluding carboxylic acids is 4. The van der Waals surface area contributed by atoms with Gasteiger partial charge in [-0.25, -0.2) is 8.78 Å². The zero-order valence-electron chi connectivity index (χ0n) is 42.0. The Morgan fingerprint density at radius 3 is 1.44 bits per heavy atom. The molecule has 10 rings (SSSR count). The fourth-order valence-electron chi connectivity index (χ4n) is 11.8. The maximum Gasteiger partial charge on any atom is 0.271 e. The molecule has 71 heavy (non-hydrogen) atoms. The van der Waals surface area contributed by atoms with Gasteiger partial charge in [-0.15, -0.1) is 0 Å². The molecule has 0 saturated carbocycles. The molecule has 0 unspecified atom stereocenters. The first kappa shape index (κ1) is 49.5. The van der Waals surface area contributed by atoms with E-state index in [1.807, 2.05) is 69.2 Å². The monoisotopic (exact) mass is 954 g/mol. The Hall–Kier alpha value is -6.46. The molecule has 4 aromatic carbocycles. The summed E-state index contributed by atoms with van der Waals surface area (Å²) in [6.07, 6.45) is 14.4. The van der Waals surface area contributed by atoms with Crippen LogP contribution in [0.25, 0.3) is 0 Å². The van der Waals surface area contributed by atoms with Crippen LogP contribution in [0.3, 0.4) is 0 Å². The highest BCUT2D eigenvalue weighted by Gasteiger charge is 2.41. The third-order valence-corrected chi connectivity index (χ3v) is 15.2. The summed E-state index contributed by atoms with van der Waals surface area (Å²) in [6.45, 7) is 3.96. The minimum absolute atomic E-state index is 0.00327. The highest BCUT2D eigenvalue weighted by Crippen LogP contribution is 2.43. The van der Waals surface area contributed by atoms with Crippen LogP contribution in [0, 0.1) is 30.6 Å². The summed E-state index contributed by atoms with van der Waals surface area (Å²) in [4.78, 5) is 62.3. The van der Waals surface area contributed by atoms with Crippen molar-refractivity contribution in [2.45, 2.75) is 121 Å². The summed E-state index contributed by atoms with van der Waals surface area (Å²) in [5.74, 6) is 8.58. The smallest absolute Gasteiger partial charge is 0.271 e. The van der Waals surface area contributed by atoms with Crippen molar-refractivity contribution in [2.75, 3.05) is 51.1 Å². The van der Waals surface area contributed by atoms with E-state index in [1.165, 1.54) is 69.2 Å². The van der Waals surface area contributed by atoms with Crippen molar-refractivity contribution in [3.63, 3.8) is 0 Å². The highest BCUT2D eigenvalue weighted by atomic mass is 19.3. The molecule has 10 heteroatoms. The second-order valence-corrected chi connectivity index (χ2v) is 20.8. The number of fused-ring (bicyclic) bond motifs is 6. The van der Waals surface area contributed by atoms with E-state index in [9.17, 15) is 28.0 Å². The Kier molecular flexibility index (Phi) is 14.4. The Labute approximate surface area is 418 Å². The molecule has 0 aromatic heterocycles. The second-order valence-electron chi connectivity index (χ2n) is 20.8. The van der Waals surface area contributed by atoms with Crippen LogP contribution in [0.5, 0.6) is 0 Å². The van der Waals surface area contributed by atoms with E-state index in [-0.39, 0.29) is 53.3 Å². The summed E-state index contributed by atoms with van der Waals surface area (Å²) in [5.41, 5.74) is 8.77. The Morgan fingerprint density at radius 2 is 1.01 bits per heavy atom. The van der Waals surface area contributed by atoms with Crippen LogP contribution in [0.2, 0.25) is 0 Å². The summed E-state index contributed by atoms with van der Waals surface area (Å²) in [5, 5.41) is 0. The number of ketones is 4. The molecule has 4 saturated heterocycles. The first-order chi connectivity index (χ1) is 34.0. The third kappa shape index (κ3) is 10.5. The van der Waals surface area contributed by atoms with E-state index < -0.39 is 11.7 Å². The van der Waals surface area contributed by atoms with Crippen molar-refractivity contribution in [1.29, 1.82) is 0 Å². The zero-order chi connectivity index (χ0) is 50.1. The van der Waals surface area contributed by atoms with Gasteiger partial charge in [-0.05, 0) is 151 Å². The van der Waals surface area contributed by atoms with Crippen molar-refractivity contribution < 1.29 is 28.0 Å². The number of carbonyl (C=O) groups is 4. The van der Waals surface area contributed by atoms with Crippen molar-refractivity contribution in [3.05, 3.63) is 152 Å². The first-order valence-electron chi connectivity index (χ1n) is 25.3. The molecule has 366 valence electrons. The molecule has 8 nitrogen and oxygen atoms in total. The van der Waals surface area contributed by atoms with Crippen LogP contribution in [-0.2, 0) is 41.2 Å². The number of nitrogens with zero attached hydrogens (tertiary/aromatic N) is 4. The predicted molar refractivity (Wildman–Crippen MR) is 278 cm³/mol. The lowest BCUT2D eigenvalue weighted by atomic mass is 9.83. The van der Waals surface area contributed by atoms with Gasteiger partial charge in [-0.3, -0.25) is 29.0 Å². The lowest BCUT2D eigenvalue weighted by Crippen LogP contribution is -2.28. The topological polar surface area (TPSA) is 81.2 Å². The standard InChI is InChI=1S/C31H32F2N2O2.C30H32N2O2/c1-31(32,33)27-8-4-6-20-10-16-26(30(37)29(20)27)28(36)19-22-9-11-25(18-21(22)7-5-17-34(2)3)35-23-12-13-24(35)15-14-23;1-20-6-4-7-21-10-16-27(30(34)29(20)21)28(33)19-23-9-11-26(18-22(23)8-5-17-31(2)3)32-24-12-13-25(32)15-14-24/h4,6,8-9,11,16,18,23-24H,10,12-15,17,19H2,1-3H3;4,6-7,9,11,16,18,24-25H,10,12-15,17,19H2,1-3H3. The number of aryl methyl sites for hydroxylation is 1. The number of hydrogen-bond donors (Lipinski definition) is 0. The number of benzene rings is 4. The van der Waals surface area contributed by atoms with Gasteiger partial charge >= 0.3 is 0 Å². The molecule has 4 bridgehead atoms. The SMILES string of the molecule is CN(C)CC#Cc1cc(N2C3CCC2CC3)ccc1CC(=O)C1=CCc2cccc(C(C)(F)F)c2C1=O.Cc1cccc2c1C(=O)C(C(=O)Cc1ccc(N3C4CCC3CC4)cc1C#CCN(C)C)=CC2. The molecule has 0 radical (unpaired) electrons. The molecule has 0 N–H and O–H groups in total. The van der Waals surface area contributed by atoms with Crippen molar-refractivity contribution in [1.82, 2.24) is 9.80 Å². The van der Waals surface area contributed by atoms with Crippen LogP contribution in [0.4, 0.5) is 20.2 Å². The largest absolute Gasteiger partial charge is 0.366 e. The fourth-order valence-corrected chi connectivity index (χ4v) is 11.8. The molecule has 0 spiro atoms. The average molecular weight is 955 g/mol. The lowest BCUT2D eigenvalue weighted by molar-refractivity contribution is -0.115. The number of rotatable bonds is 11. The van der Waals surface area contributed by atoms with Gasteiger partial charge in [-0.1, -0.05) is 84.4 Å². The Balaban J connectivity index is 0.000000176. The van der Waals surface area contributed by atoms with Gasteiger partial charge in [0, 0.05) is 83.1 Å². The molecule has 4 fully saturated rings. The summed E-state index contributed by atoms with van der Waals surface area (Å²) in [7, 11) is 7.89. The van der Waals surface area contributed by atoms with E-state index in [0.29, 0.717) is 60.4 Å². The summed E-state index contributed by atoms with van der Waals surface area (Å²) < 4.78 is 28.5. The quantitative estimate of drug-likeness (QED) is 0.109. The van der Waals surface area contributed by atoms with Crippen LogP contribution in [0.15, 0.2) is 96.1 Å². The normalized spacial score (nSPS) is 20.6. The lowest BCUT2D eigenvalue weighted by Gasteiger charge is -2.25. The van der Waals surface area contributed by atoms with Gasteiger partial charge in [-0.2, -0.15) is 0 Å². The number of alkyl halides is 2. The van der Waals surface area contributed by atoms with Gasteiger partial charge in [0.05, 0.1) is 24.2 Å². The predicted octanol–water partition coefficient (Wildman–Crippen LogP) is 9.84. The van der Waals surface area contributed by atoms with E-state index in [4.69, 9.17) is 0 Å². The van der Waals surface area contributed by atoms with Crippen LogP contribution in [0.1, 0.15) is 124 Å². The number of halogens is 2. The van der Waals surface area contributed by atoms with Gasteiger partial charge in [0.15, 0.2) is 23.1 Å². The molecule has 2 aliphatic carbocycles. The molecule has 4 aliphatic heterocycles. The molecule has 0 atom stereocenters. The highest BCUT2D eigenvalue weighted by molar-refractivity contribution is 6.29. The summed E-state index contributed by atoms with van der Waals surface area (Å²) in [6, 6.07) is 25.2. The second kappa shape index (κ2) is 20.7. The minimum Gasteiger partial charge on any atom is -0.366 e. The molecule has 6 aliphatic rings. The number of hydrogen-bond acceptors (Lipinski definition) is 8. The van der Waals surface area contributed by atoms with E-state index in [2.05, 4.69) is 63.8 Å². The Morgan fingerprint density at radius 1 is 0.606 bits per heavy atom. The molecular weight excluding hydrogens is 891 g/mol. The van der Waals surface area contributed by atoms with Crippen molar-refractivity contribution >= 4 is 34.5 Å². The fraction of sp³-hybridized carbons (Fsp3) is 0.410. The summed E-state index contributed by atoms with van der Waals surface area (Å²) >= 11 is 0. The van der Waals surface area contributed by atoms with Crippen LogP contribution < -0.4 is 9.80 Å². The minimum atomic E-state index is -3.17. The van der Waals surface area contributed by atoms with Crippen molar-refractivity contribution in [3.8, 4) is 23.7 Å². The number of Topliss-reactive ketones (excluding diaryl/α,β-unsaturated/α-hetero) is 4. The molecule has 0 amide bonds. The average Bonchev–Trinajstić information content (AvgIpc) is 4.15. The van der Waals surface area contributed by atoms with Gasteiger partial charge < -0.3 is 9.80 Å². The first-order valence-corrected chi connectivity index (χ1v) is 25.3. The van der Waals surface area contributed by atoms with E-state index in [1.54, 1.807) is 18.2 Å². The van der Waals surface area contributed by atoms with E-state index in [0.717, 1.165) is 46.0 Å². The molecule has 4 aromatic rings. The maximum atomic E-state index is 14.3. The van der Waals surface area contributed by atoms with Gasteiger partial charge in [0.25, 0.3) is 5.92 Å². The Bertz CT molecular complexity index is 2950. The molecular formula is C61H64F2N4O4. The number of allylic oxidation sites excluding steroid dienone is 4. The van der Waals surface area contributed by atoms with Crippen LogP contribution in [-0.4, -0.2) is 98.4 Å². The van der Waals surface area contributed by atoms with E-state index >= 15 is 0 Å². The third-order valence-electron chi connectivity index (χ3n) is 15.2. The van der Waals surface area contributed by atoms with Crippen LogP contribution >= 0.6 is 0 Å². The zero-order valence-corrected chi connectivity index (χ0v) is 42.0. The number of anilines is 2. The van der Waals surface area contributed by atoms with Gasteiger partial charge in [0.1, 0.15) is 0 Å². The molecule has 4 heterocycles. The maximum absolute atomic E-state index is 14.3. The van der Waals surface area contributed by atoms with Gasteiger partial charge in [0.2, 0.25) is 0 Å². The van der Waals surface area contributed by atoms with Crippen molar-refractivity contribution in [2.24, 2.45) is 0 Å².